The van der Waals surface area contributed by atoms with Crippen molar-refractivity contribution in [2.24, 2.45) is 0 Å². The third kappa shape index (κ3) is 6.08. The van der Waals surface area contributed by atoms with Crippen LogP contribution in [0.4, 0.5) is 34.1 Å². The fourth-order valence-electron chi connectivity index (χ4n) is 12.9. The molecule has 1 aliphatic carbocycles. The van der Waals surface area contributed by atoms with Crippen molar-refractivity contribution in [1.82, 2.24) is 4.57 Å². The standard InChI is InChI=1S/C71H47N3O2/c1-71(2)58-42-64-56(50-39-37-48(40-62(50)74(64)47-25-10-5-11-26-47)72(45-21-6-3-7-22-45)60-32-18-30-53-51-28-14-16-34-65(51)75-69(53)60)41-57(58)68-59(71)43-63(55-38-36-44-20-12-13-27-49(44)67(55)68)73(46-23-8-4-9-24-46)61-33-19-31-54-52-29-15-17-35-66(52)76-70(54)61/h3-43H,1-2H3. The first kappa shape index (κ1) is 42.6. The number of hydrogen-bond donors (Lipinski definition) is 0. The second-order valence-corrected chi connectivity index (χ2v) is 20.8. The number of aromatic nitrogens is 1. The maximum absolute atomic E-state index is 6.83. The van der Waals surface area contributed by atoms with Crippen molar-refractivity contribution in [2.75, 3.05) is 9.80 Å². The lowest BCUT2D eigenvalue weighted by Crippen LogP contribution is -2.17. The molecule has 5 heteroatoms. The summed E-state index contributed by atoms with van der Waals surface area (Å²) in [6, 6.07) is 90.1. The summed E-state index contributed by atoms with van der Waals surface area (Å²) in [4.78, 5) is 4.78. The van der Waals surface area contributed by atoms with E-state index in [0.29, 0.717) is 0 Å². The van der Waals surface area contributed by atoms with Crippen LogP contribution in [0.5, 0.6) is 0 Å². The van der Waals surface area contributed by atoms with Gasteiger partial charge in [-0.15, -0.1) is 0 Å². The molecule has 0 atom stereocenters. The predicted octanol–water partition coefficient (Wildman–Crippen LogP) is 20.1. The smallest absolute Gasteiger partial charge is 0.159 e. The van der Waals surface area contributed by atoms with Crippen molar-refractivity contribution in [3.8, 4) is 16.8 Å². The third-order valence-corrected chi connectivity index (χ3v) is 16.3. The molecule has 0 aliphatic heterocycles. The summed E-state index contributed by atoms with van der Waals surface area (Å²) in [6.45, 7) is 4.84. The number of fused-ring (bicyclic) bond motifs is 16. The molecule has 3 aromatic heterocycles. The van der Waals surface area contributed by atoms with Crippen molar-refractivity contribution in [2.45, 2.75) is 19.3 Å². The molecule has 76 heavy (non-hydrogen) atoms. The number of furan rings is 2. The number of hydrogen-bond acceptors (Lipinski definition) is 4. The first-order valence-corrected chi connectivity index (χ1v) is 26.2. The highest BCUT2D eigenvalue weighted by atomic mass is 16.3. The Morgan fingerprint density at radius 1 is 0.355 bits per heavy atom. The molecule has 0 N–H and O–H groups in total. The van der Waals surface area contributed by atoms with Gasteiger partial charge >= 0.3 is 0 Å². The Hall–Kier alpha value is -9.84. The highest BCUT2D eigenvalue weighted by Gasteiger charge is 2.40. The second-order valence-electron chi connectivity index (χ2n) is 20.8. The fourth-order valence-corrected chi connectivity index (χ4v) is 12.9. The number of para-hydroxylation sites is 7. The van der Waals surface area contributed by atoms with Gasteiger partial charge in [0.2, 0.25) is 0 Å². The molecule has 0 unspecified atom stereocenters. The molecule has 0 saturated heterocycles. The van der Waals surface area contributed by atoms with E-state index in [1.165, 1.54) is 60.1 Å². The quantitative estimate of drug-likeness (QED) is 0.149. The van der Waals surface area contributed by atoms with Gasteiger partial charge in [0.1, 0.15) is 11.2 Å². The van der Waals surface area contributed by atoms with E-state index >= 15 is 0 Å². The van der Waals surface area contributed by atoms with Gasteiger partial charge in [0.25, 0.3) is 0 Å². The highest BCUT2D eigenvalue weighted by molar-refractivity contribution is 6.23. The second kappa shape index (κ2) is 16.1. The Labute approximate surface area is 438 Å². The fraction of sp³-hybridized carbons (Fsp3) is 0.0423. The molecule has 0 bridgehead atoms. The van der Waals surface area contributed by atoms with Gasteiger partial charge in [-0.2, -0.15) is 0 Å². The van der Waals surface area contributed by atoms with Crippen molar-refractivity contribution in [3.05, 3.63) is 260 Å². The predicted molar refractivity (Wildman–Crippen MR) is 317 cm³/mol. The summed E-state index contributed by atoms with van der Waals surface area (Å²) in [6.07, 6.45) is 0. The molecule has 0 radical (unpaired) electrons. The van der Waals surface area contributed by atoms with Gasteiger partial charge < -0.3 is 23.2 Å². The molecule has 0 spiro atoms. The van der Waals surface area contributed by atoms with Crippen LogP contribution in [0.2, 0.25) is 0 Å². The Morgan fingerprint density at radius 2 is 0.895 bits per heavy atom. The summed E-state index contributed by atoms with van der Waals surface area (Å²) in [5.74, 6) is 0. The average molecular weight is 974 g/mol. The minimum absolute atomic E-state index is 0.398. The normalized spacial score (nSPS) is 13.0. The van der Waals surface area contributed by atoms with Crippen molar-refractivity contribution in [1.29, 1.82) is 0 Å². The van der Waals surface area contributed by atoms with Gasteiger partial charge in [-0.05, 0) is 129 Å². The molecule has 358 valence electrons. The highest BCUT2D eigenvalue weighted by Crippen LogP contribution is 2.58. The van der Waals surface area contributed by atoms with Crippen LogP contribution in [0.15, 0.2) is 258 Å². The van der Waals surface area contributed by atoms with Crippen LogP contribution in [0.25, 0.3) is 104 Å². The van der Waals surface area contributed by atoms with Crippen molar-refractivity contribution >= 4 is 121 Å². The molecule has 0 fully saturated rings. The minimum Gasteiger partial charge on any atom is -0.454 e. The average Bonchev–Trinajstić information content (AvgIpc) is 4.21. The molecular formula is C71H47N3O2. The SMILES string of the molecule is CC1(C)c2cc3c(cc2-c2c1cc(N(c1ccccc1)c1cccc4c1oc1ccccc14)c1ccc4ccccc4c21)c1ccc(N(c2ccccc2)c2cccc4c2oc2ccccc24)cc1n3-c1ccccc1. The Morgan fingerprint density at radius 3 is 1.57 bits per heavy atom. The lowest BCUT2D eigenvalue weighted by Gasteiger charge is -2.30. The molecule has 16 rings (SSSR count). The molecule has 0 saturated carbocycles. The van der Waals surface area contributed by atoms with Crippen molar-refractivity contribution in [3.63, 3.8) is 0 Å². The maximum Gasteiger partial charge on any atom is 0.159 e. The van der Waals surface area contributed by atoms with E-state index in [-0.39, 0.29) is 0 Å². The van der Waals surface area contributed by atoms with Crippen LogP contribution in [-0.2, 0) is 5.41 Å². The summed E-state index contributed by atoms with van der Waals surface area (Å²) in [7, 11) is 0. The Balaban J connectivity index is 0.966. The Bertz CT molecular complexity index is 4850. The molecular weight excluding hydrogens is 927 g/mol. The van der Waals surface area contributed by atoms with E-state index in [9.17, 15) is 0 Å². The third-order valence-electron chi connectivity index (χ3n) is 16.3. The van der Waals surface area contributed by atoms with E-state index < -0.39 is 5.41 Å². The van der Waals surface area contributed by atoms with Gasteiger partial charge in [-0.25, -0.2) is 0 Å². The van der Waals surface area contributed by atoms with Gasteiger partial charge in [-0.1, -0.05) is 172 Å². The van der Waals surface area contributed by atoms with Gasteiger partial charge in [0, 0.05) is 65.9 Å². The lowest BCUT2D eigenvalue weighted by atomic mass is 9.81. The van der Waals surface area contributed by atoms with E-state index in [4.69, 9.17) is 8.83 Å². The molecule has 15 aromatic rings. The van der Waals surface area contributed by atoms with Crippen LogP contribution in [0.1, 0.15) is 25.0 Å². The van der Waals surface area contributed by atoms with Crippen LogP contribution in [-0.4, -0.2) is 4.57 Å². The number of anilines is 6. The minimum atomic E-state index is -0.398. The first-order chi connectivity index (χ1) is 37.5. The molecule has 3 heterocycles. The van der Waals surface area contributed by atoms with Gasteiger partial charge in [-0.3, -0.25) is 0 Å². The van der Waals surface area contributed by atoms with Gasteiger partial charge in [0.15, 0.2) is 11.2 Å². The van der Waals surface area contributed by atoms with Crippen LogP contribution in [0.3, 0.4) is 0 Å². The zero-order valence-electron chi connectivity index (χ0n) is 41.8. The summed E-state index contributed by atoms with van der Waals surface area (Å²) in [5.41, 5.74) is 17.9. The van der Waals surface area contributed by atoms with Crippen LogP contribution >= 0.6 is 0 Å². The topological polar surface area (TPSA) is 37.7 Å². The molecule has 5 nitrogen and oxygen atoms in total. The number of rotatable bonds is 7. The molecule has 12 aromatic carbocycles. The van der Waals surface area contributed by atoms with Crippen molar-refractivity contribution < 1.29 is 8.83 Å². The molecule has 1 aliphatic rings. The Kier molecular flexibility index (Phi) is 9.02. The summed E-state index contributed by atoms with van der Waals surface area (Å²) >= 11 is 0. The monoisotopic (exact) mass is 973 g/mol. The summed E-state index contributed by atoms with van der Waals surface area (Å²) < 4.78 is 16.0. The van der Waals surface area contributed by atoms with E-state index in [0.717, 1.165) is 89.2 Å². The van der Waals surface area contributed by atoms with Crippen LogP contribution in [0, 0.1) is 0 Å². The zero-order valence-corrected chi connectivity index (χ0v) is 41.8. The van der Waals surface area contributed by atoms with E-state index in [2.05, 4.69) is 265 Å². The maximum atomic E-state index is 6.83. The zero-order chi connectivity index (χ0) is 50.2. The van der Waals surface area contributed by atoms with E-state index in [1.807, 2.05) is 12.1 Å². The first-order valence-electron chi connectivity index (χ1n) is 26.2. The lowest BCUT2D eigenvalue weighted by molar-refractivity contribution is 0.661. The van der Waals surface area contributed by atoms with Gasteiger partial charge in [0.05, 0.1) is 28.1 Å². The molecule has 0 amide bonds. The number of benzene rings is 12. The summed E-state index contributed by atoms with van der Waals surface area (Å²) in [5, 5.41) is 11.7. The number of nitrogens with zero attached hydrogens (tertiary/aromatic N) is 3. The van der Waals surface area contributed by atoms with E-state index in [1.54, 1.807) is 0 Å². The van der Waals surface area contributed by atoms with Crippen LogP contribution < -0.4 is 9.80 Å². The largest absolute Gasteiger partial charge is 0.454 e.